The van der Waals surface area contributed by atoms with Gasteiger partial charge in [-0.25, -0.2) is 4.98 Å². The Morgan fingerprint density at radius 2 is 1.77 bits per heavy atom. The molecule has 3 N–H and O–H groups in total. The van der Waals surface area contributed by atoms with Crippen molar-refractivity contribution in [1.29, 1.82) is 0 Å². The Morgan fingerprint density at radius 3 is 2.38 bits per heavy atom. The summed E-state index contributed by atoms with van der Waals surface area (Å²) in [6, 6.07) is 13.4. The van der Waals surface area contributed by atoms with Crippen LogP contribution in [0.15, 0.2) is 54.6 Å². The average molecular weight is 578 g/mol. The second-order valence-electron chi connectivity index (χ2n) is 9.25. The van der Waals surface area contributed by atoms with Crippen LogP contribution in [0.5, 0.6) is 5.88 Å². The van der Waals surface area contributed by atoms with Crippen LogP contribution in [-0.4, -0.2) is 41.2 Å². The lowest BCUT2D eigenvalue weighted by Gasteiger charge is -2.20. The third-order valence-electron chi connectivity index (χ3n) is 6.13. The molecule has 0 unspecified atom stereocenters. The molecule has 0 saturated carbocycles. The molecule has 0 aliphatic heterocycles. The molecule has 11 heteroatoms. The quantitative estimate of drug-likeness (QED) is 0.203. The second kappa shape index (κ2) is 14.0. The number of anilines is 1. The number of rotatable bonds is 13. The number of hydrogen-bond donors (Lipinski definition) is 3. The van der Waals surface area contributed by atoms with Crippen LogP contribution in [0.3, 0.4) is 0 Å². The number of pyridine rings is 1. The Kier molecular flexibility index (Phi) is 10.8. The van der Waals surface area contributed by atoms with Crippen LogP contribution in [0, 0.1) is 6.92 Å². The number of nitrogens with zero attached hydrogens (tertiary/aromatic N) is 1. The lowest BCUT2D eigenvalue weighted by molar-refractivity contribution is -0.138. The topological polar surface area (TPSA) is 101 Å². The van der Waals surface area contributed by atoms with E-state index < -0.39 is 17.7 Å². The van der Waals surface area contributed by atoms with Crippen molar-refractivity contribution < 1.29 is 32.6 Å². The molecule has 0 aliphatic rings. The predicted molar refractivity (Wildman–Crippen MR) is 148 cm³/mol. The fourth-order valence-corrected chi connectivity index (χ4v) is 4.27. The summed E-state index contributed by atoms with van der Waals surface area (Å²) in [7, 11) is 0. The summed E-state index contributed by atoms with van der Waals surface area (Å²) >= 11 is 6.16. The van der Waals surface area contributed by atoms with E-state index in [4.69, 9.17) is 21.4 Å². The minimum absolute atomic E-state index is 0.0130. The van der Waals surface area contributed by atoms with Crippen molar-refractivity contribution in [2.45, 2.75) is 51.7 Å². The van der Waals surface area contributed by atoms with Gasteiger partial charge < -0.3 is 20.5 Å². The number of alkyl halides is 3. The number of aryl methyl sites for hydroxylation is 1. The van der Waals surface area contributed by atoms with Gasteiger partial charge in [0.15, 0.2) is 0 Å². The summed E-state index contributed by atoms with van der Waals surface area (Å²) in [5.74, 6) is -0.952. The van der Waals surface area contributed by atoms with Gasteiger partial charge in [-0.15, -0.1) is 0 Å². The molecule has 0 spiro atoms. The van der Waals surface area contributed by atoms with E-state index in [1.54, 1.807) is 43.3 Å². The van der Waals surface area contributed by atoms with Crippen LogP contribution in [0.4, 0.5) is 18.9 Å². The van der Waals surface area contributed by atoms with Gasteiger partial charge in [0.1, 0.15) is 6.61 Å². The Labute approximate surface area is 235 Å². The summed E-state index contributed by atoms with van der Waals surface area (Å²) in [5, 5.41) is 14.7. The van der Waals surface area contributed by atoms with Crippen molar-refractivity contribution in [1.82, 2.24) is 10.3 Å². The maximum atomic E-state index is 13.0. The van der Waals surface area contributed by atoms with Crippen molar-refractivity contribution in [2.24, 2.45) is 0 Å². The summed E-state index contributed by atoms with van der Waals surface area (Å²) in [4.78, 5) is 27.3. The summed E-state index contributed by atoms with van der Waals surface area (Å²) < 4.78 is 44.9. The molecule has 1 aromatic heterocycles. The van der Waals surface area contributed by atoms with Gasteiger partial charge in [-0.3, -0.25) is 9.59 Å². The standard InChI is InChI=1S/C29H31ClF3N3O4/c1-3-4-5-22(36-21-9-6-19(7-10-21)28(39)34-15-14-27(37)38)17-40-26-13-12-23(18(2)35-26)24-11-8-20(16-25(24)30)29(31,32)33/h6-13,16,22,36H,3-5,14-15,17H2,1-2H3,(H,34,39)(H,37,38)/t22-/m0/s1. The summed E-state index contributed by atoms with van der Waals surface area (Å²) in [6.07, 6.45) is -1.84. The molecular weight excluding hydrogens is 547 g/mol. The minimum Gasteiger partial charge on any atom is -0.481 e. The van der Waals surface area contributed by atoms with E-state index in [9.17, 15) is 22.8 Å². The Hall–Kier alpha value is -3.79. The molecule has 0 saturated heterocycles. The average Bonchev–Trinajstić information content (AvgIpc) is 2.90. The molecule has 0 radical (unpaired) electrons. The first-order valence-electron chi connectivity index (χ1n) is 12.8. The SMILES string of the molecule is CCCC[C@@H](COc1ccc(-c2ccc(C(F)(F)F)cc2Cl)c(C)n1)Nc1ccc(C(=O)NCCC(=O)O)cc1. The van der Waals surface area contributed by atoms with E-state index in [0.29, 0.717) is 34.9 Å². The molecule has 2 aromatic carbocycles. The fraction of sp³-hybridized carbons (Fsp3) is 0.345. The molecule has 1 atom stereocenters. The van der Waals surface area contributed by atoms with E-state index in [2.05, 4.69) is 22.5 Å². The fourth-order valence-electron chi connectivity index (χ4n) is 3.99. The third kappa shape index (κ3) is 8.87. The van der Waals surface area contributed by atoms with Crippen molar-refractivity contribution >= 4 is 29.2 Å². The van der Waals surface area contributed by atoms with Gasteiger partial charge >= 0.3 is 12.1 Å². The van der Waals surface area contributed by atoms with Crippen molar-refractivity contribution in [3.8, 4) is 17.0 Å². The van der Waals surface area contributed by atoms with Crippen molar-refractivity contribution in [2.75, 3.05) is 18.5 Å². The van der Waals surface area contributed by atoms with Crippen LogP contribution in [-0.2, 0) is 11.0 Å². The molecule has 1 heterocycles. The molecule has 214 valence electrons. The molecule has 7 nitrogen and oxygen atoms in total. The van der Waals surface area contributed by atoms with Gasteiger partial charge in [0, 0.05) is 45.7 Å². The van der Waals surface area contributed by atoms with Gasteiger partial charge in [0.05, 0.1) is 18.0 Å². The number of ether oxygens (including phenoxy) is 1. The summed E-state index contributed by atoms with van der Waals surface area (Å²) in [6.45, 7) is 4.19. The van der Waals surface area contributed by atoms with E-state index in [1.165, 1.54) is 6.07 Å². The number of unbranched alkanes of at least 4 members (excludes halogenated alkanes) is 1. The molecule has 0 bridgehead atoms. The van der Waals surface area contributed by atoms with Gasteiger partial charge in [0.25, 0.3) is 5.91 Å². The molecule has 0 fully saturated rings. The highest BCUT2D eigenvalue weighted by Gasteiger charge is 2.31. The number of carbonyl (C=O) groups is 2. The number of benzene rings is 2. The molecular formula is C29H31ClF3N3O4. The second-order valence-corrected chi connectivity index (χ2v) is 9.65. The number of hydrogen-bond acceptors (Lipinski definition) is 5. The van der Waals surface area contributed by atoms with Crippen LogP contribution in [0.2, 0.25) is 5.02 Å². The number of carboxylic acid groups (broad SMARTS) is 1. The zero-order valence-corrected chi connectivity index (χ0v) is 22.9. The first kappa shape index (κ1) is 30.7. The van der Waals surface area contributed by atoms with Gasteiger partial charge in [0.2, 0.25) is 5.88 Å². The number of halogens is 4. The van der Waals surface area contributed by atoms with E-state index in [-0.39, 0.29) is 29.9 Å². The maximum Gasteiger partial charge on any atom is 0.416 e. The number of aliphatic carboxylic acids is 1. The van der Waals surface area contributed by atoms with Crippen LogP contribution in [0.1, 0.15) is 54.2 Å². The number of carbonyl (C=O) groups excluding carboxylic acids is 1. The Balaban J connectivity index is 1.64. The normalized spacial score (nSPS) is 12.1. The first-order valence-corrected chi connectivity index (χ1v) is 13.2. The number of amides is 1. The van der Waals surface area contributed by atoms with Crippen LogP contribution < -0.4 is 15.4 Å². The lowest BCUT2D eigenvalue weighted by atomic mass is 10.0. The van der Waals surface area contributed by atoms with Gasteiger partial charge in [-0.05, 0) is 55.8 Å². The monoisotopic (exact) mass is 577 g/mol. The van der Waals surface area contributed by atoms with E-state index in [1.807, 2.05) is 0 Å². The Bertz CT molecular complexity index is 1320. The largest absolute Gasteiger partial charge is 0.481 e. The summed E-state index contributed by atoms with van der Waals surface area (Å²) in [5.41, 5.74) is 2.03. The number of carboxylic acids is 1. The predicted octanol–water partition coefficient (Wildman–Crippen LogP) is 6.98. The van der Waals surface area contributed by atoms with Crippen LogP contribution >= 0.6 is 11.6 Å². The minimum atomic E-state index is -4.48. The number of aromatic nitrogens is 1. The van der Waals surface area contributed by atoms with E-state index >= 15 is 0 Å². The van der Waals surface area contributed by atoms with Crippen molar-refractivity contribution in [3.05, 3.63) is 76.4 Å². The lowest BCUT2D eigenvalue weighted by Crippen LogP contribution is -2.28. The molecule has 40 heavy (non-hydrogen) atoms. The maximum absolute atomic E-state index is 13.0. The zero-order chi connectivity index (χ0) is 29.3. The Morgan fingerprint density at radius 1 is 1.07 bits per heavy atom. The van der Waals surface area contributed by atoms with Gasteiger partial charge in [-0.2, -0.15) is 13.2 Å². The highest BCUT2D eigenvalue weighted by atomic mass is 35.5. The molecule has 1 amide bonds. The highest BCUT2D eigenvalue weighted by molar-refractivity contribution is 6.33. The van der Waals surface area contributed by atoms with Crippen molar-refractivity contribution in [3.63, 3.8) is 0 Å². The van der Waals surface area contributed by atoms with Crippen LogP contribution in [0.25, 0.3) is 11.1 Å². The van der Waals surface area contributed by atoms with E-state index in [0.717, 1.165) is 37.1 Å². The van der Waals surface area contributed by atoms with Gasteiger partial charge in [-0.1, -0.05) is 37.4 Å². The first-order chi connectivity index (χ1) is 19.0. The highest BCUT2D eigenvalue weighted by Crippen LogP contribution is 2.36. The zero-order valence-electron chi connectivity index (χ0n) is 22.1. The smallest absolute Gasteiger partial charge is 0.416 e. The molecule has 3 rings (SSSR count). The number of nitrogens with one attached hydrogen (secondary N) is 2. The molecule has 0 aliphatic carbocycles. The molecule has 3 aromatic rings. The third-order valence-corrected chi connectivity index (χ3v) is 6.44.